The van der Waals surface area contributed by atoms with Crippen LogP contribution in [-0.2, 0) is 4.79 Å². The average Bonchev–Trinajstić information content (AvgIpc) is 2.50. The molecule has 1 heterocycles. The number of carbonyl (C=O) groups is 1. The molecular weight excluding hydrogens is 150 g/mol. The number of ketones is 1. The molecule has 0 spiro atoms. The van der Waals surface area contributed by atoms with Gasteiger partial charge in [-0.25, -0.2) is 0 Å². The normalized spacial score (nSPS) is 29.7. The molecule has 0 amide bonds. The monoisotopic (exact) mass is 169 g/mol. The molecule has 12 heavy (non-hydrogen) atoms. The molecular formula is C10H19NO. The molecule has 2 unspecified atom stereocenters. The highest BCUT2D eigenvalue weighted by Gasteiger charge is 2.32. The highest BCUT2D eigenvalue weighted by molar-refractivity contribution is 5.84. The van der Waals surface area contributed by atoms with Crippen LogP contribution in [0, 0.1) is 11.8 Å². The third-order valence-electron chi connectivity index (χ3n) is 2.82. The predicted octanol–water partition coefficient (Wildman–Crippen LogP) is 1.60. The van der Waals surface area contributed by atoms with Crippen LogP contribution in [0.4, 0.5) is 0 Å². The van der Waals surface area contributed by atoms with E-state index >= 15 is 0 Å². The van der Waals surface area contributed by atoms with Gasteiger partial charge in [0.25, 0.3) is 0 Å². The minimum Gasteiger partial charge on any atom is -0.307 e. The number of nitrogens with one attached hydrogen (secondary N) is 1. The zero-order chi connectivity index (χ0) is 9.14. The summed E-state index contributed by atoms with van der Waals surface area (Å²) in [6.45, 7) is 7.36. The molecule has 0 aliphatic carbocycles. The first-order valence-electron chi connectivity index (χ1n) is 4.93. The number of carbonyl (C=O) groups excluding carboxylic acids is 1. The van der Waals surface area contributed by atoms with E-state index < -0.39 is 0 Å². The lowest BCUT2D eigenvalue weighted by molar-refractivity contribution is -0.121. The lowest BCUT2D eigenvalue weighted by Crippen LogP contribution is -2.37. The van der Waals surface area contributed by atoms with Crippen molar-refractivity contribution >= 4 is 5.78 Å². The SMILES string of the molecule is CCC(=O)C1NCCC1C(C)C. The van der Waals surface area contributed by atoms with E-state index in [-0.39, 0.29) is 6.04 Å². The number of rotatable bonds is 3. The molecule has 0 aromatic carbocycles. The first kappa shape index (κ1) is 9.72. The summed E-state index contributed by atoms with van der Waals surface area (Å²) in [6, 6.07) is 0.148. The van der Waals surface area contributed by atoms with E-state index in [2.05, 4.69) is 19.2 Å². The minimum atomic E-state index is 0.148. The van der Waals surface area contributed by atoms with Crippen molar-refractivity contribution in [3.63, 3.8) is 0 Å². The van der Waals surface area contributed by atoms with Gasteiger partial charge in [0, 0.05) is 6.42 Å². The van der Waals surface area contributed by atoms with Crippen molar-refractivity contribution in [1.82, 2.24) is 5.32 Å². The summed E-state index contributed by atoms with van der Waals surface area (Å²) in [4.78, 5) is 11.5. The topological polar surface area (TPSA) is 29.1 Å². The smallest absolute Gasteiger partial charge is 0.149 e. The molecule has 1 fully saturated rings. The lowest BCUT2D eigenvalue weighted by Gasteiger charge is -2.20. The Bertz CT molecular complexity index is 165. The zero-order valence-electron chi connectivity index (χ0n) is 8.26. The molecule has 0 saturated carbocycles. The van der Waals surface area contributed by atoms with Crippen LogP contribution < -0.4 is 5.32 Å². The highest BCUT2D eigenvalue weighted by atomic mass is 16.1. The average molecular weight is 169 g/mol. The molecule has 1 aliphatic rings. The summed E-state index contributed by atoms with van der Waals surface area (Å²) in [5.41, 5.74) is 0. The van der Waals surface area contributed by atoms with Crippen LogP contribution in [0.2, 0.25) is 0 Å². The molecule has 0 aromatic rings. The first-order chi connectivity index (χ1) is 5.66. The van der Waals surface area contributed by atoms with Gasteiger partial charge < -0.3 is 5.32 Å². The predicted molar refractivity (Wildman–Crippen MR) is 50.0 cm³/mol. The second-order valence-electron chi connectivity index (χ2n) is 3.95. The first-order valence-corrected chi connectivity index (χ1v) is 4.93. The zero-order valence-corrected chi connectivity index (χ0v) is 8.26. The van der Waals surface area contributed by atoms with Gasteiger partial charge in [-0.2, -0.15) is 0 Å². The molecule has 0 bridgehead atoms. The van der Waals surface area contributed by atoms with Gasteiger partial charge in [0.1, 0.15) is 5.78 Å². The van der Waals surface area contributed by atoms with Crippen molar-refractivity contribution in [1.29, 1.82) is 0 Å². The largest absolute Gasteiger partial charge is 0.307 e. The van der Waals surface area contributed by atoms with Gasteiger partial charge in [0.05, 0.1) is 6.04 Å². The van der Waals surface area contributed by atoms with Gasteiger partial charge in [-0.1, -0.05) is 20.8 Å². The Kier molecular flexibility index (Phi) is 3.27. The van der Waals surface area contributed by atoms with Crippen LogP contribution in [-0.4, -0.2) is 18.4 Å². The third-order valence-corrected chi connectivity index (χ3v) is 2.82. The summed E-state index contributed by atoms with van der Waals surface area (Å²) in [7, 11) is 0. The van der Waals surface area contributed by atoms with E-state index in [0.29, 0.717) is 24.0 Å². The van der Waals surface area contributed by atoms with Gasteiger partial charge in [-0.3, -0.25) is 4.79 Å². The van der Waals surface area contributed by atoms with Crippen LogP contribution >= 0.6 is 0 Å². The van der Waals surface area contributed by atoms with Gasteiger partial charge in [0.15, 0.2) is 0 Å². The van der Waals surface area contributed by atoms with Crippen LogP contribution in [0.3, 0.4) is 0 Å². The molecule has 70 valence electrons. The molecule has 1 N–H and O–H groups in total. The summed E-state index contributed by atoms with van der Waals surface area (Å²) < 4.78 is 0. The van der Waals surface area contributed by atoms with Crippen molar-refractivity contribution in [3.8, 4) is 0 Å². The number of Topliss-reactive ketones (excluding diaryl/α,β-unsaturated/α-hetero) is 1. The molecule has 2 nitrogen and oxygen atoms in total. The summed E-state index contributed by atoms with van der Waals surface area (Å²) in [5, 5.41) is 3.29. The van der Waals surface area contributed by atoms with E-state index in [1.165, 1.54) is 0 Å². The Morgan fingerprint density at radius 2 is 2.25 bits per heavy atom. The van der Waals surface area contributed by atoms with Crippen LogP contribution in [0.15, 0.2) is 0 Å². The summed E-state index contributed by atoms with van der Waals surface area (Å²) in [6.07, 6.45) is 1.83. The molecule has 2 atom stereocenters. The Hall–Kier alpha value is -0.370. The van der Waals surface area contributed by atoms with Gasteiger partial charge >= 0.3 is 0 Å². The van der Waals surface area contributed by atoms with E-state index in [1.807, 2.05) is 6.92 Å². The number of hydrogen-bond acceptors (Lipinski definition) is 2. The van der Waals surface area contributed by atoms with Gasteiger partial charge in [-0.05, 0) is 24.8 Å². The molecule has 1 saturated heterocycles. The van der Waals surface area contributed by atoms with E-state index in [0.717, 1.165) is 13.0 Å². The van der Waals surface area contributed by atoms with Crippen molar-refractivity contribution in [2.24, 2.45) is 11.8 Å². The summed E-state index contributed by atoms with van der Waals surface area (Å²) >= 11 is 0. The molecule has 1 aliphatic heterocycles. The minimum absolute atomic E-state index is 0.148. The molecule has 0 aromatic heterocycles. The maximum Gasteiger partial charge on any atom is 0.149 e. The maximum atomic E-state index is 11.5. The van der Waals surface area contributed by atoms with Gasteiger partial charge in [-0.15, -0.1) is 0 Å². The fraction of sp³-hybridized carbons (Fsp3) is 0.900. The second-order valence-corrected chi connectivity index (χ2v) is 3.95. The van der Waals surface area contributed by atoms with Crippen LogP contribution in [0.1, 0.15) is 33.6 Å². The van der Waals surface area contributed by atoms with E-state index in [4.69, 9.17) is 0 Å². The molecule has 1 rings (SSSR count). The molecule has 0 radical (unpaired) electrons. The fourth-order valence-electron chi connectivity index (χ4n) is 2.01. The Balaban J connectivity index is 2.57. The highest BCUT2D eigenvalue weighted by Crippen LogP contribution is 2.24. The van der Waals surface area contributed by atoms with E-state index in [1.54, 1.807) is 0 Å². The second kappa shape index (κ2) is 4.04. The van der Waals surface area contributed by atoms with Crippen molar-refractivity contribution in [2.45, 2.75) is 39.7 Å². The van der Waals surface area contributed by atoms with Gasteiger partial charge in [0.2, 0.25) is 0 Å². The number of hydrogen-bond donors (Lipinski definition) is 1. The van der Waals surface area contributed by atoms with Crippen LogP contribution in [0.5, 0.6) is 0 Å². The lowest BCUT2D eigenvalue weighted by atomic mass is 9.86. The Morgan fingerprint density at radius 3 is 2.75 bits per heavy atom. The third kappa shape index (κ3) is 1.86. The Labute approximate surface area is 74.7 Å². The maximum absolute atomic E-state index is 11.5. The fourth-order valence-corrected chi connectivity index (χ4v) is 2.01. The summed E-state index contributed by atoms with van der Waals surface area (Å²) in [5.74, 6) is 1.57. The van der Waals surface area contributed by atoms with Crippen molar-refractivity contribution < 1.29 is 4.79 Å². The van der Waals surface area contributed by atoms with Crippen molar-refractivity contribution in [3.05, 3.63) is 0 Å². The standard InChI is InChI=1S/C10H19NO/c1-4-9(12)10-8(7(2)3)5-6-11-10/h7-8,10-11H,4-6H2,1-3H3. The molecule has 2 heteroatoms. The van der Waals surface area contributed by atoms with Crippen molar-refractivity contribution in [2.75, 3.05) is 6.54 Å². The quantitative estimate of drug-likeness (QED) is 0.695. The Morgan fingerprint density at radius 1 is 1.58 bits per heavy atom. The van der Waals surface area contributed by atoms with E-state index in [9.17, 15) is 4.79 Å². The van der Waals surface area contributed by atoms with Crippen LogP contribution in [0.25, 0.3) is 0 Å².